The number of nitrogens with two attached hydrogens (primary N) is 1. The third kappa shape index (κ3) is 18.0. The van der Waals surface area contributed by atoms with Gasteiger partial charge >= 0.3 is 0 Å². The van der Waals surface area contributed by atoms with E-state index in [0.717, 1.165) is 116 Å². The number of rotatable bonds is 11. The monoisotopic (exact) mass is 1740 g/mol. The Morgan fingerprint density at radius 1 is 0.301 bits per heavy atom. The SMILES string of the molecule is [C-]#[N+]c1ccc2c(c1)c(-c1cccc(C)c1C)cn2-c1ccc(C#N)cc1.[C-]#[N+]c1ccc2c(c1)c(-c1cccc(C)c1C)cn2-c1ccc(C(N)=O)cc1.[C-]#[N+]c1ccc2c(c1)c(-c1cccc(C)c1C)cn2-c1ccc(C)cc1.[C-]#[N+]c1ccc2c(c1)c(-c1cccc(C)c1C)cn2-c1ccc(Cl)cc1.[C-]#[N+]c1ccc2c(c1)c(-c1cccc(C)c1C)cn2-c1ccc(O)cc1. The predicted octanol–water partition coefficient (Wildman–Crippen LogP) is 32.0. The fourth-order valence-electron chi connectivity index (χ4n) is 17.2. The molecule has 5 heterocycles. The van der Waals surface area contributed by atoms with Crippen LogP contribution < -0.4 is 5.73 Å². The average molecular weight is 1740 g/mol. The van der Waals surface area contributed by atoms with Gasteiger partial charge in [0.05, 0.1) is 72.1 Å². The number of carbonyl (C=O) groups is 1. The first-order valence-electron chi connectivity index (χ1n) is 43.4. The molecule has 0 spiro atoms. The molecule has 0 aliphatic heterocycles. The van der Waals surface area contributed by atoms with Crippen LogP contribution in [0.4, 0.5) is 28.4 Å². The molecule has 642 valence electrons. The maximum absolute atomic E-state index is 11.4. The average Bonchev–Trinajstić information content (AvgIpc) is 1.65. The second-order valence-electron chi connectivity index (χ2n) is 33.3. The van der Waals surface area contributed by atoms with Gasteiger partial charge in [0.15, 0.2) is 28.4 Å². The fraction of sp³-hybridized carbons (Fsp3) is 0.0932. The van der Waals surface area contributed by atoms with Crippen LogP contribution in [0.1, 0.15) is 77.1 Å². The van der Waals surface area contributed by atoms with Gasteiger partial charge in [-0.2, -0.15) is 5.26 Å². The van der Waals surface area contributed by atoms with Crippen molar-refractivity contribution in [2.24, 2.45) is 5.73 Å². The Hall–Kier alpha value is -17.5. The summed E-state index contributed by atoms with van der Waals surface area (Å²) in [4.78, 5) is 29.4. The summed E-state index contributed by atoms with van der Waals surface area (Å²) in [6, 6.07) is 101. The molecule has 0 unspecified atom stereocenters. The second-order valence-corrected chi connectivity index (χ2v) is 33.7. The van der Waals surface area contributed by atoms with Crippen LogP contribution in [0.15, 0.2) is 334 Å². The lowest BCUT2D eigenvalue weighted by atomic mass is 9.97. The smallest absolute Gasteiger partial charge is 0.248 e. The predicted molar refractivity (Wildman–Crippen MR) is 547 cm³/mol. The number of phenolic OH excluding ortho intramolecular Hbond substituents is 1. The van der Waals surface area contributed by atoms with E-state index in [2.05, 4.69) is 282 Å². The Morgan fingerprint density at radius 3 is 0.759 bits per heavy atom. The van der Waals surface area contributed by atoms with Gasteiger partial charge in [-0.15, -0.1) is 0 Å². The summed E-state index contributed by atoms with van der Waals surface area (Å²) in [6.07, 6.45) is 10.7. The molecule has 0 saturated heterocycles. The zero-order valence-electron chi connectivity index (χ0n) is 75.5. The summed E-state index contributed by atoms with van der Waals surface area (Å²) in [7, 11) is 0. The van der Waals surface area contributed by atoms with E-state index in [1.807, 2.05) is 158 Å². The standard InChI is InChI=1S/C24H19N3O.C24H17N3.C24H20N2.C23H17ClN2.C23H18N2O/c1-15-5-4-6-20(16(15)2)22-14-27(19-10-7-17(8-11-19)24(25)28)23-12-9-18(26-3)13-21(22)23;1-16-5-4-6-21(17(16)2)23-15-27(20-10-7-18(14-25)8-11-20)24-12-9-19(26-3)13-22(23)24;1-16-8-11-20(12-9-16)26-15-23(21-7-5-6-17(2)18(21)3)22-14-19(25-4)10-13-24(22)26;1-15-5-4-6-20(16(15)2)22-14-26(19-10-7-17(24)8-11-19)23-12-9-18(25-3)13-21(22)23;1-15-5-4-6-20(16(15)2)22-14-25(18-8-10-19(26)11-9-18)23-12-7-17(24-3)13-21(22)23/h4-14H,1-2H3,(H2,25,28);4-13,15H,1-2H3;5-15H,1-3H3;4-14H,1-2H3;4-14,26H,1-2H3. The summed E-state index contributed by atoms with van der Waals surface area (Å²) in [6.45, 7) is 60.3. The number of halogens is 1. The minimum Gasteiger partial charge on any atom is -0.508 e. The van der Waals surface area contributed by atoms with E-state index >= 15 is 0 Å². The van der Waals surface area contributed by atoms with Gasteiger partial charge in [-0.25, -0.2) is 24.2 Å². The van der Waals surface area contributed by atoms with Crippen molar-refractivity contribution >= 4 is 100 Å². The van der Waals surface area contributed by atoms with Crippen molar-refractivity contribution in [1.29, 1.82) is 5.26 Å². The molecule has 3 N–H and O–H groups in total. The zero-order chi connectivity index (χ0) is 93.6. The molecule has 14 nitrogen and oxygen atoms in total. The van der Waals surface area contributed by atoms with Gasteiger partial charge in [0.2, 0.25) is 5.91 Å². The highest BCUT2D eigenvalue weighted by atomic mass is 35.5. The first-order chi connectivity index (χ1) is 64.3. The number of primary amides is 1. The molecule has 0 aliphatic rings. The first kappa shape index (κ1) is 88.9. The highest BCUT2D eigenvalue weighted by Crippen LogP contribution is 2.44. The number of nitriles is 1. The van der Waals surface area contributed by atoms with Crippen LogP contribution in [0.3, 0.4) is 0 Å². The van der Waals surface area contributed by atoms with Crippen LogP contribution in [0.2, 0.25) is 5.02 Å². The Morgan fingerprint density at radius 2 is 0.526 bits per heavy atom. The third-order valence-corrected chi connectivity index (χ3v) is 25.6. The highest BCUT2D eigenvalue weighted by molar-refractivity contribution is 6.30. The van der Waals surface area contributed by atoms with Gasteiger partial charge in [0.25, 0.3) is 0 Å². The van der Waals surface area contributed by atoms with E-state index in [4.69, 9.17) is 55.5 Å². The van der Waals surface area contributed by atoms with E-state index in [9.17, 15) is 9.90 Å². The Kier molecular flexibility index (Phi) is 25.5. The lowest BCUT2D eigenvalue weighted by Gasteiger charge is -2.07. The Bertz CT molecular complexity index is 7790. The first-order valence-corrected chi connectivity index (χ1v) is 43.7. The molecule has 0 radical (unpaired) electrons. The number of aromatic nitrogens is 5. The fourth-order valence-corrected chi connectivity index (χ4v) is 17.3. The molecule has 20 aromatic rings. The van der Waals surface area contributed by atoms with Crippen molar-refractivity contribution in [1.82, 2.24) is 22.8 Å². The number of aryl methyl sites for hydroxylation is 6. The summed E-state index contributed by atoms with van der Waals surface area (Å²) in [5, 5.41) is 24.7. The molecule has 0 saturated carbocycles. The van der Waals surface area contributed by atoms with Gasteiger partial charge in [-0.1, -0.05) is 151 Å². The lowest BCUT2D eigenvalue weighted by Crippen LogP contribution is -2.10. The number of fused-ring (bicyclic) bond motifs is 5. The molecule has 20 rings (SSSR count). The molecule has 1 amide bonds. The van der Waals surface area contributed by atoms with E-state index in [1.165, 1.54) is 89.0 Å². The number of carbonyl (C=O) groups excluding carboxylic acids is 1. The van der Waals surface area contributed by atoms with Gasteiger partial charge in [-0.3, -0.25) is 4.79 Å². The molecule has 133 heavy (non-hydrogen) atoms. The number of nitrogens with zero attached hydrogens (tertiary/aromatic N) is 11. The van der Waals surface area contributed by atoms with Crippen molar-refractivity contribution in [2.45, 2.75) is 76.2 Å². The van der Waals surface area contributed by atoms with Crippen LogP contribution in [-0.4, -0.2) is 33.8 Å². The van der Waals surface area contributed by atoms with Gasteiger partial charge in [0, 0.05) is 97.8 Å². The summed E-state index contributed by atoms with van der Waals surface area (Å²) < 4.78 is 10.7. The second kappa shape index (κ2) is 38.2. The summed E-state index contributed by atoms with van der Waals surface area (Å²) >= 11 is 6.05. The highest BCUT2D eigenvalue weighted by Gasteiger charge is 2.22. The van der Waals surface area contributed by atoms with Gasteiger partial charge in [0.1, 0.15) is 5.75 Å². The van der Waals surface area contributed by atoms with Crippen molar-refractivity contribution in [2.75, 3.05) is 0 Å². The normalized spacial score (nSPS) is 10.8. The van der Waals surface area contributed by atoms with Crippen LogP contribution in [0, 0.1) is 120 Å². The van der Waals surface area contributed by atoms with Crippen LogP contribution >= 0.6 is 11.6 Å². The molecule has 15 heteroatoms. The number of phenols is 1. The molecular weight excluding hydrogens is 1650 g/mol. The topological polar surface area (TPSA) is 134 Å². The van der Waals surface area contributed by atoms with Gasteiger partial charge < -0.3 is 33.7 Å². The van der Waals surface area contributed by atoms with E-state index in [0.29, 0.717) is 39.6 Å². The number of hydrogen-bond donors (Lipinski definition) is 2. The number of benzene rings is 15. The van der Waals surface area contributed by atoms with Crippen molar-refractivity contribution in [3.8, 4) is 95.9 Å². The third-order valence-electron chi connectivity index (χ3n) is 25.3. The maximum atomic E-state index is 11.4. The number of amides is 1. The van der Waals surface area contributed by atoms with Crippen LogP contribution in [0.25, 0.3) is 163 Å². The molecule has 0 aliphatic carbocycles. The van der Waals surface area contributed by atoms with Crippen LogP contribution in [-0.2, 0) is 0 Å². The molecular formula is C118H91ClN12O2. The summed E-state index contributed by atoms with van der Waals surface area (Å²) in [5.41, 5.74) is 45.3. The van der Waals surface area contributed by atoms with Crippen molar-refractivity contribution in [3.63, 3.8) is 0 Å². The number of hydrogen-bond acceptors (Lipinski definition) is 3. The largest absolute Gasteiger partial charge is 0.508 e. The maximum Gasteiger partial charge on any atom is 0.248 e. The molecule has 5 aromatic heterocycles. The van der Waals surface area contributed by atoms with Crippen LogP contribution in [0.5, 0.6) is 5.75 Å². The molecule has 0 atom stereocenters. The molecule has 0 bridgehead atoms. The van der Waals surface area contributed by atoms with Crippen molar-refractivity contribution < 1.29 is 9.90 Å². The number of aromatic hydroxyl groups is 1. The molecule has 15 aromatic carbocycles. The van der Waals surface area contributed by atoms with Gasteiger partial charge in [-0.05, 0) is 356 Å². The quantitative estimate of drug-likeness (QED) is 0.125. The lowest BCUT2D eigenvalue weighted by molar-refractivity contribution is 0.1000. The van der Waals surface area contributed by atoms with E-state index in [-0.39, 0.29) is 5.75 Å². The van der Waals surface area contributed by atoms with E-state index < -0.39 is 5.91 Å². The molecule has 0 fully saturated rings. The zero-order valence-corrected chi connectivity index (χ0v) is 76.2. The van der Waals surface area contributed by atoms with E-state index in [1.54, 1.807) is 24.3 Å². The Labute approximate surface area is 779 Å². The summed E-state index contributed by atoms with van der Waals surface area (Å²) in [5.74, 6) is -0.197. The Balaban J connectivity index is 0.000000121. The van der Waals surface area contributed by atoms with Crippen molar-refractivity contribution in [3.05, 3.63) is 469 Å². The minimum atomic E-state index is -0.443. The minimum absolute atomic E-state index is 0.246.